The Morgan fingerprint density at radius 3 is 2.35 bits per heavy atom. The summed E-state index contributed by atoms with van der Waals surface area (Å²) in [5.74, 6) is -6.40. The van der Waals surface area contributed by atoms with Crippen LogP contribution in [-0.2, 0) is 11.3 Å². The van der Waals surface area contributed by atoms with Crippen molar-refractivity contribution in [1.82, 2.24) is 25.1 Å². The molecule has 3 amide bonds. The second kappa shape index (κ2) is 12.2. The molecule has 0 bridgehead atoms. The number of likely N-dealkylation sites (N-methyl/N-ethyl adjacent to an activating group) is 1. The second-order valence-electron chi connectivity index (χ2n) is 9.79. The van der Waals surface area contributed by atoms with Crippen molar-refractivity contribution in [3.8, 4) is 17.0 Å². The predicted octanol–water partition coefficient (Wildman–Crippen LogP) is 3.93. The molecule has 0 saturated carbocycles. The molecule has 2 heterocycles. The average molecular weight is 608 g/mol. The summed E-state index contributed by atoms with van der Waals surface area (Å²) >= 11 is 0. The number of ether oxygens (including phenoxy) is 1. The highest BCUT2D eigenvalue weighted by Gasteiger charge is 2.42. The van der Waals surface area contributed by atoms with Crippen molar-refractivity contribution in [1.29, 1.82) is 0 Å². The number of carbonyl (C=O) groups is 3. The third-order valence-corrected chi connectivity index (χ3v) is 6.15. The largest absolute Gasteiger partial charge is 0.491 e. The molecule has 0 radical (unpaired) electrons. The minimum Gasteiger partial charge on any atom is -0.419 e. The standard InChI is InChI=1S/C27H26F5N7O4/c1-37(2)11-10-33-25-35-20(14-8-9-15(23(40)38(3)4)19(12-14)43-24(41)27(30,31)32)16-13-34-26(42)39(22(16)36-25)21-17(28)6-5-7-18(21)29/h5-9,12H,10-11,13H2,1-4H3,(H,34,42)(H,33,35,36). The number of esters is 1. The van der Waals surface area contributed by atoms with E-state index in [2.05, 4.69) is 25.3 Å². The fraction of sp³-hybridized carbons (Fsp3) is 0.296. The fourth-order valence-corrected chi connectivity index (χ4v) is 4.11. The summed E-state index contributed by atoms with van der Waals surface area (Å²) < 4.78 is 73.6. The van der Waals surface area contributed by atoms with Crippen LogP contribution in [0.4, 0.5) is 44.2 Å². The van der Waals surface area contributed by atoms with Crippen molar-refractivity contribution in [2.75, 3.05) is 51.5 Å². The molecule has 0 fully saturated rings. The van der Waals surface area contributed by atoms with E-state index in [1.807, 2.05) is 19.0 Å². The van der Waals surface area contributed by atoms with Gasteiger partial charge in [-0.15, -0.1) is 0 Å². The first-order chi connectivity index (χ1) is 20.2. The van der Waals surface area contributed by atoms with E-state index in [-0.39, 0.29) is 40.7 Å². The number of hydrogen-bond acceptors (Lipinski definition) is 8. The van der Waals surface area contributed by atoms with E-state index in [0.717, 1.165) is 35.2 Å². The zero-order valence-electron chi connectivity index (χ0n) is 23.3. The number of urea groups is 1. The molecule has 0 aliphatic carbocycles. The number of hydrogen-bond donors (Lipinski definition) is 2. The molecule has 1 aromatic heterocycles. The minimum absolute atomic E-state index is 0.0206. The van der Waals surface area contributed by atoms with Gasteiger partial charge in [0.15, 0.2) is 5.82 Å². The normalized spacial score (nSPS) is 13.0. The molecular formula is C27H26F5N7O4. The van der Waals surface area contributed by atoms with Gasteiger partial charge in [-0.25, -0.2) is 28.3 Å². The summed E-state index contributed by atoms with van der Waals surface area (Å²) in [5.41, 5.74) is -0.842. The number of amides is 3. The van der Waals surface area contributed by atoms with Gasteiger partial charge >= 0.3 is 18.2 Å². The lowest BCUT2D eigenvalue weighted by Gasteiger charge is -2.31. The number of rotatable bonds is 8. The number of nitrogens with zero attached hydrogens (tertiary/aromatic N) is 5. The van der Waals surface area contributed by atoms with Crippen molar-refractivity contribution >= 4 is 35.4 Å². The van der Waals surface area contributed by atoms with Gasteiger partial charge in [-0.2, -0.15) is 18.2 Å². The summed E-state index contributed by atoms with van der Waals surface area (Å²) in [6.07, 6.45) is -5.36. The Bertz CT molecular complexity index is 1560. The van der Waals surface area contributed by atoms with Crippen molar-refractivity contribution < 1.29 is 41.1 Å². The number of fused-ring (bicyclic) bond motifs is 1. The number of para-hydroxylation sites is 1. The van der Waals surface area contributed by atoms with Gasteiger partial charge in [0.1, 0.15) is 23.1 Å². The molecule has 2 N–H and O–H groups in total. The van der Waals surface area contributed by atoms with Crippen LogP contribution >= 0.6 is 0 Å². The summed E-state index contributed by atoms with van der Waals surface area (Å²) in [6, 6.07) is 5.65. The summed E-state index contributed by atoms with van der Waals surface area (Å²) in [4.78, 5) is 49.9. The Hall–Kier alpha value is -4.86. The molecule has 11 nitrogen and oxygen atoms in total. The van der Waals surface area contributed by atoms with E-state index >= 15 is 0 Å². The number of anilines is 3. The maximum Gasteiger partial charge on any atom is 0.491 e. The van der Waals surface area contributed by atoms with E-state index in [9.17, 15) is 36.3 Å². The third-order valence-electron chi connectivity index (χ3n) is 6.15. The molecule has 0 unspecified atom stereocenters. The van der Waals surface area contributed by atoms with Crippen LogP contribution in [0, 0.1) is 11.6 Å². The predicted molar refractivity (Wildman–Crippen MR) is 145 cm³/mol. The first-order valence-electron chi connectivity index (χ1n) is 12.7. The lowest BCUT2D eigenvalue weighted by atomic mass is 10.0. The number of benzene rings is 2. The number of halogens is 5. The van der Waals surface area contributed by atoms with Gasteiger partial charge in [-0.1, -0.05) is 12.1 Å². The zero-order valence-corrected chi connectivity index (χ0v) is 23.3. The van der Waals surface area contributed by atoms with E-state index in [4.69, 9.17) is 0 Å². The molecule has 43 heavy (non-hydrogen) atoms. The molecule has 0 saturated heterocycles. The lowest BCUT2D eigenvalue weighted by molar-refractivity contribution is -0.189. The average Bonchev–Trinajstić information content (AvgIpc) is 2.92. The Kier molecular flexibility index (Phi) is 8.80. The first kappa shape index (κ1) is 31.1. The van der Waals surface area contributed by atoms with Crippen LogP contribution in [-0.4, -0.2) is 85.1 Å². The fourth-order valence-electron chi connectivity index (χ4n) is 4.11. The van der Waals surface area contributed by atoms with Crippen molar-refractivity contribution in [2.45, 2.75) is 12.7 Å². The summed E-state index contributed by atoms with van der Waals surface area (Å²) in [5, 5.41) is 5.45. The topological polar surface area (TPSA) is 120 Å². The summed E-state index contributed by atoms with van der Waals surface area (Å²) in [7, 11) is 6.34. The maximum atomic E-state index is 14.9. The lowest BCUT2D eigenvalue weighted by Crippen LogP contribution is -2.43. The van der Waals surface area contributed by atoms with Gasteiger partial charge in [-0.3, -0.25) is 4.79 Å². The van der Waals surface area contributed by atoms with E-state index < -0.39 is 47.2 Å². The number of nitrogens with one attached hydrogen (secondary N) is 2. The Balaban J connectivity index is 1.94. The van der Waals surface area contributed by atoms with Gasteiger partial charge in [-0.05, 0) is 38.4 Å². The molecule has 0 atom stereocenters. The molecule has 2 aromatic carbocycles. The third kappa shape index (κ3) is 6.63. The highest BCUT2D eigenvalue weighted by atomic mass is 19.4. The minimum atomic E-state index is -5.36. The van der Waals surface area contributed by atoms with Gasteiger partial charge in [0.25, 0.3) is 5.91 Å². The van der Waals surface area contributed by atoms with Gasteiger partial charge in [0.2, 0.25) is 5.95 Å². The quantitative estimate of drug-likeness (QED) is 0.225. The van der Waals surface area contributed by atoms with Crippen LogP contribution in [0.5, 0.6) is 5.75 Å². The van der Waals surface area contributed by atoms with E-state index in [1.165, 1.54) is 20.2 Å². The van der Waals surface area contributed by atoms with Gasteiger partial charge < -0.3 is 25.2 Å². The number of carbonyl (C=O) groups excluding carboxylic acids is 3. The van der Waals surface area contributed by atoms with E-state index in [0.29, 0.717) is 18.0 Å². The van der Waals surface area contributed by atoms with Crippen LogP contribution in [0.1, 0.15) is 15.9 Å². The number of aromatic nitrogens is 2. The van der Waals surface area contributed by atoms with Crippen LogP contribution in [0.3, 0.4) is 0 Å². The molecule has 1 aliphatic heterocycles. The van der Waals surface area contributed by atoms with Crippen LogP contribution < -0.4 is 20.3 Å². The first-order valence-corrected chi connectivity index (χ1v) is 12.7. The Morgan fingerprint density at radius 2 is 1.74 bits per heavy atom. The molecule has 228 valence electrons. The number of alkyl halides is 3. The van der Waals surface area contributed by atoms with Crippen LogP contribution in [0.2, 0.25) is 0 Å². The highest BCUT2D eigenvalue weighted by Crippen LogP contribution is 2.39. The molecule has 1 aliphatic rings. The Morgan fingerprint density at radius 1 is 1.07 bits per heavy atom. The molecular weight excluding hydrogens is 581 g/mol. The SMILES string of the molecule is CN(C)CCNc1nc(-c2ccc(C(=O)N(C)C)c(OC(=O)C(F)(F)F)c2)c2c(n1)N(c1c(F)cccc1F)C(=O)NC2. The highest BCUT2D eigenvalue weighted by molar-refractivity contribution is 6.02. The monoisotopic (exact) mass is 607 g/mol. The molecule has 3 aromatic rings. The molecule has 4 rings (SSSR count). The second-order valence-corrected chi connectivity index (χ2v) is 9.79. The van der Waals surface area contributed by atoms with Gasteiger partial charge in [0.05, 0.1) is 17.8 Å². The molecule has 0 spiro atoms. The van der Waals surface area contributed by atoms with E-state index in [1.54, 1.807) is 0 Å². The van der Waals surface area contributed by atoms with Crippen molar-refractivity contribution in [2.24, 2.45) is 0 Å². The van der Waals surface area contributed by atoms with Crippen molar-refractivity contribution in [3.05, 3.63) is 59.2 Å². The van der Waals surface area contributed by atoms with Crippen LogP contribution in [0.15, 0.2) is 36.4 Å². The van der Waals surface area contributed by atoms with Crippen LogP contribution in [0.25, 0.3) is 11.3 Å². The zero-order chi connectivity index (χ0) is 31.6. The summed E-state index contributed by atoms with van der Waals surface area (Å²) in [6.45, 7) is 0.584. The molecule has 16 heteroatoms. The maximum absolute atomic E-state index is 14.9. The Labute approximate surface area is 242 Å². The smallest absolute Gasteiger partial charge is 0.419 e. The van der Waals surface area contributed by atoms with Gasteiger partial charge in [0, 0.05) is 38.3 Å². The van der Waals surface area contributed by atoms with Crippen molar-refractivity contribution in [3.63, 3.8) is 0 Å².